The van der Waals surface area contributed by atoms with Gasteiger partial charge in [-0.05, 0) is 24.6 Å². The van der Waals surface area contributed by atoms with Gasteiger partial charge < -0.3 is 15.6 Å². The van der Waals surface area contributed by atoms with Crippen molar-refractivity contribution in [3.63, 3.8) is 0 Å². The summed E-state index contributed by atoms with van der Waals surface area (Å²) in [7, 11) is 0. The molecule has 0 aromatic heterocycles. The van der Waals surface area contributed by atoms with Crippen molar-refractivity contribution in [2.45, 2.75) is 25.8 Å². The van der Waals surface area contributed by atoms with Gasteiger partial charge in [-0.2, -0.15) is 0 Å². The Morgan fingerprint density at radius 2 is 2.00 bits per heavy atom. The molecule has 0 aliphatic carbocycles. The Kier molecular flexibility index (Phi) is 4.31. The van der Waals surface area contributed by atoms with E-state index in [9.17, 15) is 4.79 Å². The highest BCUT2D eigenvalue weighted by atomic mass is 16.5. The van der Waals surface area contributed by atoms with Crippen molar-refractivity contribution in [2.24, 2.45) is 5.73 Å². The normalized spacial score (nSPS) is 14.2. The lowest BCUT2D eigenvalue weighted by Gasteiger charge is -2.18. The van der Waals surface area contributed by atoms with Gasteiger partial charge >= 0.3 is 5.97 Å². The molecule has 1 rings (SSSR count). The topological polar surface area (TPSA) is 72.5 Å². The highest BCUT2D eigenvalue weighted by molar-refractivity contribution is 5.76. The van der Waals surface area contributed by atoms with E-state index < -0.39 is 12.0 Å². The molecule has 0 aliphatic heterocycles. The van der Waals surface area contributed by atoms with Crippen LogP contribution in [0.2, 0.25) is 0 Å². The van der Waals surface area contributed by atoms with Crippen molar-refractivity contribution >= 4 is 5.97 Å². The van der Waals surface area contributed by atoms with Crippen molar-refractivity contribution in [3.8, 4) is 5.75 Å². The summed E-state index contributed by atoms with van der Waals surface area (Å²) in [6.07, 6.45) is 0. The monoisotopic (exact) mass is 223 g/mol. The molecule has 0 aliphatic rings. The van der Waals surface area contributed by atoms with Gasteiger partial charge in [-0.15, -0.1) is 0 Å². The average Bonchev–Trinajstić information content (AvgIpc) is 2.28. The van der Waals surface area contributed by atoms with Crippen molar-refractivity contribution < 1.29 is 14.6 Å². The molecule has 0 fully saturated rings. The first kappa shape index (κ1) is 12.5. The van der Waals surface area contributed by atoms with Crippen LogP contribution in [0, 0.1) is 0 Å². The first-order valence-electron chi connectivity index (χ1n) is 5.27. The van der Waals surface area contributed by atoms with E-state index in [4.69, 9.17) is 15.6 Å². The predicted octanol–water partition coefficient (Wildman–Crippen LogP) is 1.39. The standard InChI is InChI=1S/C12H17NO3/c1-3-16-12(15)11(13)8(2)9-4-6-10(14)7-5-9/h4-8,11,14H,3,13H2,1-2H3/t8-,11+/m1/s1. The van der Waals surface area contributed by atoms with Gasteiger partial charge in [0.1, 0.15) is 11.8 Å². The first-order valence-corrected chi connectivity index (χ1v) is 5.27. The molecule has 3 N–H and O–H groups in total. The summed E-state index contributed by atoms with van der Waals surface area (Å²) in [5.74, 6) is -0.344. The van der Waals surface area contributed by atoms with Crippen LogP contribution in [0.4, 0.5) is 0 Å². The van der Waals surface area contributed by atoms with Crippen LogP contribution in [0.15, 0.2) is 24.3 Å². The number of phenolic OH excluding ortho intramolecular Hbond substituents is 1. The van der Waals surface area contributed by atoms with Gasteiger partial charge in [0, 0.05) is 5.92 Å². The fraction of sp³-hybridized carbons (Fsp3) is 0.417. The highest BCUT2D eigenvalue weighted by Gasteiger charge is 2.23. The Bertz CT molecular complexity index is 348. The fourth-order valence-corrected chi connectivity index (χ4v) is 1.43. The summed E-state index contributed by atoms with van der Waals surface area (Å²) in [6.45, 7) is 3.93. The molecule has 0 amide bonds. The van der Waals surface area contributed by atoms with E-state index in [-0.39, 0.29) is 11.7 Å². The molecule has 2 atom stereocenters. The van der Waals surface area contributed by atoms with E-state index in [0.717, 1.165) is 5.56 Å². The van der Waals surface area contributed by atoms with Gasteiger partial charge in [0.15, 0.2) is 0 Å². The summed E-state index contributed by atoms with van der Waals surface area (Å²) in [5.41, 5.74) is 6.68. The van der Waals surface area contributed by atoms with Crippen LogP contribution in [0.3, 0.4) is 0 Å². The molecule has 1 aromatic rings. The van der Waals surface area contributed by atoms with Crippen LogP contribution < -0.4 is 5.73 Å². The van der Waals surface area contributed by atoms with Crippen LogP contribution in [0.1, 0.15) is 25.3 Å². The number of nitrogens with two attached hydrogens (primary N) is 1. The predicted molar refractivity (Wildman–Crippen MR) is 61.1 cm³/mol. The number of phenols is 1. The van der Waals surface area contributed by atoms with Gasteiger partial charge in [-0.25, -0.2) is 0 Å². The molecule has 0 radical (unpaired) electrons. The van der Waals surface area contributed by atoms with Gasteiger partial charge in [0.25, 0.3) is 0 Å². The molecular formula is C12H17NO3. The summed E-state index contributed by atoms with van der Waals surface area (Å²) < 4.78 is 4.86. The summed E-state index contributed by atoms with van der Waals surface area (Å²) >= 11 is 0. The van der Waals surface area contributed by atoms with Crippen LogP contribution in [0.25, 0.3) is 0 Å². The first-order chi connectivity index (χ1) is 7.56. The second-order valence-electron chi connectivity index (χ2n) is 3.66. The highest BCUT2D eigenvalue weighted by Crippen LogP contribution is 2.21. The number of carbonyl (C=O) groups is 1. The number of rotatable bonds is 4. The molecule has 0 saturated heterocycles. The van der Waals surface area contributed by atoms with Crippen LogP contribution >= 0.6 is 0 Å². The minimum Gasteiger partial charge on any atom is -0.508 e. The molecule has 16 heavy (non-hydrogen) atoms. The maximum absolute atomic E-state index is 11.4. The lowest BCUT2D eigenvalue weighted by Crippen LogP contribution is -2.37. The van der Waals surface area contributed by atoms with Crippen LogP contribution in [-0.4, -0.2) is 23.7 Å². The van der Waals surface area contributed by atoms with Gasteiger partial charge in [-0.1, -0.05) is 19.1 Å². The number of benzene rings is 1. The average molecular weight is 223 g/mol. The largest absolute Gasteiger partial charge is 0.508 e. The number of hydrogen-bond acceptors (Lipinski definition) is 4. The maximum Gasteiger partial charge on any atom is 0.323 e. The summed E-state index contributed by atoms with van der Waals surface area (Å²) in [4.78, 5) is 11.4. The molecule has 4 heteroatoms. The number of hydrogen-bond donors (Lipinski definition) is 2. The smallest absolute Gasteiger partial charge is 0.323 e. The van der Waals surface area contributed by atoms with Crippen molar-refractivity contribution in [1.29, 1.82) is 0 Å². The SMILES string of the molecule is CCOC(=O)[C@@H](N)[C@H](C)c1ccc(O)cc1. The number of carbonyl (C=O) groups excluding carboxylic acids is 1. The van der Waals surface area contributed by atoms with Gasteiger partial charge in [-0.3, -0.25) is 4.79 Å². The van der Waals surface area contributed by atoms with Gasteiger partial charge in [0.05, 0.1) is 6.61 Å². The zero-order chi connectivity index (χ0) is 12.1. The van der Waals surface area contributed by atoms with Crippen LogP contribution in [-0.2, 0) is 9.53 Å². The molecule has 4 nitrogen and oxygen atoms in total. The van der Waals surface area contributed by atoms with Crippen molar-refractivity contribution in [3.05, 3.63) is 29.8 Å². The quantitative estimate of drug-likeness (QED) is 0.756. The number of esters is 1. The molecule has 0 saturated carbocycles. The number of aromatic hydroxyl groups is 1. The molecule has 0 bridgehead atoms. The molecule has 1 aromatic carbocycles. The van der Waals surface area contributed by atoms with E-state index >= 15 is 0 Å². The Hall–Kier alpha value is -1.55. The van der Waals surface area contributed by atoms with E-state index in [1.807, 2.05) is 6.92 Å². The van der Waals surface area contributed by atoms with E-state index in [2.05, 4.69) is 0 Å². The third kappa shape index (κ3) is 2.97. The van der Waals surface area contributed by atoms with E-state index in [1.165, 1.54) is 0 Å². The lowest BCUT2D eigenvalue weighted by atomic mass is 9.94. The third-order valence-corrected chi connectivity index (χ3v) is 2.52. The van der Waals surface area contributed by atoms with E-state index in [1.54, 1.807) is 31.2 Å². The van der Waals surface area contributed by atoms with Crippen molar-refractivity contribution in [2.75, 3.05) is 6.61 Å². The Morgan fingerprint density at radius 3 is 2.50 bits per heavy atom. The molecule has 0 spiro atoms. The fourth-order valence-electron chi connectivity index (χ4n) is 1.43. The Labute approximate surface area is 95.0 Å². The van der Waals surface area contributed by atoms with Crippen molar-refractivity contribution in [1.82, 2.24) is 0 Å². The maximum atomic E-state index is 11.4. The second kappa shape index (κ2) is 5.51. The summed E-state index contributed by atoms with van der Waals surface area (Å²) in [6, 6.07) is 5.97. The Balaban J connectivity index is 2.73. The zero-order valence-electron chi connectivity index (χ0n) is 9.51. The van der Waals surface area contributed by atoms with Gasteiger partial charge in [0.2, 0.25) is 0 Å². The summed E-state index contributed by atoms with van der Waals surface area (Å²) in [5, 5.41) is 9.15. The van der Waals surface area contributed by atoms with Crippen LogP contribution in [0.5, 0.6) is 5.75 Å². The zero-order valence-corrected chi connectivity index (χ0v) is 9.51. The Morgan fingerprint density at radius 1 is 1.44 bits per heavy atom. The molecule has 88 valence electrons. The minimum absolute atomic E-state index is 0.139. The minimum atomic E-state index is -0.676. The molecule has 0 unspecified atom stereocenters. The third-order valence-electron chi connectivity index (χ3n) is 2.52. The molecular weight excluding hydrogens is 206 g/mol. The van der Waals surface area contributed by atoms with E-state index in [0.29, 0.717) is 6.61 Å². The second-order valence-corrected chi connectivity index (χ2v) is 3.66. The molecule has 0 heterocycles. The lowest BCUT2D eigenvalue weighted by molar-refractivity contribution is -0.145. The number of ether oxygens (including phenoxy) is 1.